The smallest absolute Gasteiger partial charge is 0.435 e. The molecule has 6 nitrogen and oxygen atoms in total. The summed E-state index contributed by atoms with van der Waals surface area (Å²) in [6.45, 7) is 5.17. The van der Waals surface area contributed by atoms with Crippen molar-refractivity contribution in [2.45, 2.75) is 39.9 Å². The molecule has 0 radical (unpaired) electrons. The first kappa shape index (κ1) is 20.0. The fraction of sp³-hybridized carbons (Fsp3) is 0.438. The van der Waals surface area contributed by atoms with E-state index in [9.17, 15) is 22.8 Å². The lowest BCUT2D eigenvalue weighted by Crippen LogP contribution is -2.21. The molecule has 0 fully saturated rings. The number of aryl methyl sites for hydroxylation is 1. The van der Waals surface area contributed by atoms with Crippen molar-refractivity contribution < 1.29 is 27.5 Å². The van der Waals surface area contributed by atoms with E-state index in [2.05, 4.69) is 10.4 Å². The van der Waals surface area contributed by atoms with Gasteiger partial charge in [-0.3, -0.25) is 9.48 Å². The number of nitrogens with one attached hydrogen (secondary N) is 1. The lowest BCUT2D eigenvalue weighted by atomic mass is 10.1. The summed E-state index contributed by atoms with van der Waals surface area (Å²) in [5.74, 6) is -1.13. The standard InChI is InChI=1S/C16H18F3N3O3S/c1-4-10-9(3)26-14(13(10)15(24)25-5-2)20-12(23)8-22-7-6-11(21-22)16(17,18)19/h6-7H,4-5,8H2,1-3H3,(H,20,23). The van der Waals surface area contributed by atoms with Gasteiger partial charge in [-0.1, -0.05) is 6.92 Å². The first-order chi connectivity index (χ1) is 12.2. The Balaban J connectivity index is 2.18. The average molecular weight is 389 g/mol. The molecule has 0 aromatic carbocycles. The van der Waals surface area contributed by atoms with Gasteiger partial charge in [0.2, 0.25) is 5.91 Å². The highest BCUT2D eigenvalue weighted by atomic mass is 32.1. The van der Waals surface area contributed by atoms with Crippen LogP contribution >= 0.6 is 11.3 Å². The van der Waals surface area contributed by atoms with Crippen LogP contribution in [0.25, 0.3) is 0 Å². The maximum Gasteiger partial charge on any atom is 0.435 e. The zero-order valence-corrected chi connectivity index (χ0v) is 15.3. The summed E-state index contributed by atoms with van der Waals surface area (Å²) in [6.07, 6.45) is -2.91. The van der Waals surface area contributed by atoms with Crippen LogP contribution in [0.4, 0.5) is 18.2 Å². The van der Waals surface area contributed by atoms with Gasteiger partial charge in [-0.05, 0) is 31.9 Å². The Hall–Kier alpha value is -2.36. The largest absolute Gasteiger partial charge is 0.462 e. The molecule has 142 valence electrons. The van der Waals surface area contributed by atoms with Crippen molar-refractivity contribution >= 4 is 28.2 Å². The topological polar surface area (TPSA) is 73.2 Å². The van der Waals surface area contributed by atoms with Crippen LogP contribution in [0, 0.1) is 6.92 Å². The second kappa shape index (κ2) is 7.90. The van der Waals surface area contributed by atoms with E-state index < -0.39 is 30.3 Å². The molecule has 10 heteroatoms. The van der Waals surface area contributed by atoms with Gasteiger partial charge in [-0.25, -0.2) is 4.79 Å². The summed E-state index contributed by atoms with van der Waals surface area (Å²) in [5, 5.41) is 6.24. The second-order valence-corrected chi connectivity index (χ2v) is 6.58. The molecule has 0 aliphatic rings. The maximum absolute atomic E-state index is 12.6. The Morgan fingerprint density at radius 1 is 1.35 bits per heavy atom. The predicted octanol–water partition coefficient (Wildman–Crippen LogP) is 3.65. The number of ether oxygens (including phenoxy) is 1. The van der Waals surface area contributed by atoms with Crippen molar-refractivity contribution in [3.63, 3.8) is 0 Å². The lowest BCUT2D eigenvalue weighted by Gasteiger charge is -2.08. The minimum Gasteiger partial charge on any atom is -0.462 e. The highest BCUT2D eigenvalue weighted by Crippen LogP contribution is 2.34. The first-order valence-corrected chi connectivity index (χ1v) is 8.68. The summed E-state index contributed by atoms with van der Waals surface area (Å²) < 4.78 is 43.6. The number of esters is 1. The third-order valence-electron chi connectivity index (χ3n) is 3.53. The van der Waals surface area contributed by atoms with E-state index in [1.165, 1.54) is 11.3 Å². The zero-order chi connectivity index (χ0) is 19.5. The van der Waals surface area contributed by atoms with Crippen LogP contribution in [0.3, 0.4) is 0 Å². The molecule has 0 spiro atoms. The first-order valence-electron chi connectivity index (χ1n) is 7.87. The van der Waals surface area contributed by atoms with Gasteiger partial charge in [0.1, 0.15) is 11.5 Å². The Bertz CT molecular complexity index is 812. The number of carbonyl (C=O) groups excluding carboxylic acids is 2. The number of nitrogens with zero attached hydrogens (tertiary/aromatic N) is 2. The van der Waals surface area contributed by atoms with Crippen molar-refractivity contribution in [3.8, 4) is 0 Å². The van der Waals surface area contributed by atoms with Crippen molar-refractivity contribution in [2.75, 3.05) is 11.9 Å². The number of rotatable bonds is 6. The number of carbonyl (C=O) groups is 2. The monoisotopic (exact) mass is 389 g/mol. The van der Waals surface area contributed by atoms with Gasteiger partial charge in [0.15, 0.2) is 5.69 Å². The summed E-state index contributed by atoms with van der Waals surface area (Å²) in [7, 11) is 0. The molecule has 26 heavy (non-hydrogen) atoms. The fourth-order valence-corrected chi connectivity index (χ4v) is 3.58. The van der Waals surface area contributed by atoms with Gasteiger partial charge >= 0.3 is 12.1 Å². The van der Waals surface area contributed by atoms with Gasteiger partial charge in [0.05, 0.1) is 12.2 Å². The lowest BCUT2D eigenvalue weighted by molar-refractivity contribution is -0.141. The molecule has 0 aliphatic heterocycles. The molecule has 0 saturated carbocycles. The number of hydrogen-bond donors (Lipinski definition) is 1. The van der Waals surface area contributed by atoms with E-state index >= 15 is 0 Å². The summed E-state index contributed by atoms with van der Waals surface area (Å²) >= 11 is 1.23. The maximum atomic E-state index is 12.6. The quantitative estimate of drug-likeness (QED) is 0.766. The van der Waals surface area contributed by atoms with E-state index in [0.29, 0.717) is 17.0 Å². The number of halogens is 3. The van der Waals surface area contributed by atoms with Crippen LogP contribution in [-0.2, 0) is 28.7 Å². The van der Waals surface area contributed by atoms with E-state index in [-0.39, 0.29) is 6.61 Å². The molecule has 2 rings (SSSR count). The molecular formula is C16H18F3N3O3S. The molecule has 2 heterocycles. The summed E-state index contributed by atoms with van der Waals surface area (Å²) in [5.41, 5.74) is 0.00147. The van der Waals surface area contributed by atoms with E-state index in [1.807, 2.05) is 13.8 Å². The number of alkyl halides is 3. The average Bonchev–Trinajstić information content (AvgIpc) is 3.11. The zero-order valence-electron chi connectivity index (χ0n) is 14.4. The number of thiophene rings is 1. The molecule has 0 saturated heterocycles. The van der Waals surface area contributed by atoms with Crippen molar-refractivity contribution in [1.29, 1.82) is 0 Å². The number of anilines is 1. The third kappa shape index (κ3) is 4.43. The van der Waals surface area contributed by atoms with Crippen LogP contribution in [0.15, 0.2) is 12.3 Å². The molecule has 2 aromatic heterocycles. The molecular weight excluding hydrogens is 371 g/mol. The van der Waals surface area contributed by atoms with E-state index in [1.54, 1.807) is 6.92 Å². The van der Waals surface area contributed by atoms with Crippen LogP contribution in [-0.4, -0.2) is 28.3 Å². The Morgan fingerprint density at radius 3 is 2.58 bits per heavy atom. The molecule has 0 unspecified atom stereocenters. The fourth-order valence-electron chi connectivity index (χ4n) is 2.43. The number of amides is 1. The van der Waals surface area contributed by atoms with Gasteiger partial charge in [0, 0.05) is 11.1 Å². The summed E-state index contributed by atoms with van der Waals surface area (Å²) in [6, 6.07) is 0.793. The van der Waals surface area contributed by atoms with Crippen molar-refractivity contribution in [3.05, 3.63) is 34.0 Å². The highest BCUT2D eigenvalue weighted by molar-refractivity contribution is 7.16. The minimum absolute atomic E-state index is 0.192. The Labute approximate surface area is 152 Å². The number of aromatic nitrogens is 2. The normalized spacial score (nSPS) is 11.5. The van der Waals surface area contributed by atoms with Gasteiger partial charge < -0.3 is 10.1 Å². The van der Waals surface area contributed by atoms with Crippen LogP contribution < -0.4 is 5.32 Å². The van der Waals surface area contributed by atoms with Crippen molar-refractivity contribution in [2.24, 2.45) is 0 Å². The van der Waals surface area contributed by atoms with E-state index in [4.69, 9.17) is 4.74 Å². The Morgan fingerprint density at radius 2 is 2.04 bits per heavy atom. The second-order valence-electron chi connectivity index (χ2n) is 5.36. The van der Waals surface area contributed by atoms with Crippen LogP contribution in [0.2, 0.25) is 0 Å². The predicted molar refractivity (Wildman–Crippen MR) is 90.2 cm³/mol. The third-order valence-corrected chi connectivity index (χ3v) is 4.59. The van der Waals surface area contributed by atoms with Gasteiger partial charge in [-0.2, -0.15) is 18.3 Å². The minimum atomic E-state index is -4.57. The van der Waals surface area contributed by atoms with Gasteiger partial charge in [0.25, 0.3) is 0 Å². The SMILES string of the molecule is CCOC(=O)c1c(NC(=O)Cn2ccc(C(F)(F)F)n2)sc(C)c1CC. The van der Waals surface area contributed by atoms with Gasteiger partial charge in [-0.15, -0.1) is 11.3 Å². The van der Waals surface area contributed by atoms with Crippen LogP contribution in [0.1, 0.15) is 40.3 Å². The molecule has 2 aromatic rings. The Kier molecular flexibility index (Phi) is 6.06. The molecule has 0 aliphatic carbocycles. The van der Waals surface area contributed by atoms with Crippen LogP contribution in [0.5, 0.6) is 0 Å². The number of hydrogen-bond acceptors (Lipinski definition) is 5. The molecule has 0 bridgehead atoms. The molecule has 0 atom stereocenters. The van der Waals surface area contributed by atoms with Crippen molar-refractivity contribution in [1.82, 2.24) is 9.78 Å². The van der Waals surface area contributed by atoms with E-state index in [0.717, 1.165) is 27.4 Å². The molecule has 1 N–H and O–H groups in total. The summed E-state index contributed by atoms with van der Waals surface area (Å²) in [4.78, 5) is 25.3. The highest BCUT2D eigenvalue weighted by Gasteiger charge is 2.33. The molecule has 1 amide bonds.